The van der Waals surface area contributed by atoms with Gasteiger partial charge in [0.05, 0.1) is 29.1 Å². The molecule has 27 heavy (non-hydrogen) atoms. The van der Waals surface area contributed by atoms with Gasteiger partial charge in [-0.2, -0.15) is 10.1 Å². The highest BCUT2D eigenvalue weighted by atomic mass is 16.5. The molecule has 1 aliphatic heterocycles. The van der Waals surface area contributed by atoms with Crippen LogP contribution in [0.15, 0.2) is 77.4 Å². The highest BCUT2D eigenvalue weighted by molar-refractivity contribution is 6.30. The summed E-state index contributed by atoms with van der Waals surface area (Å²) in [4.78, 5) is 24.7. The molecule has 0 bridgehead atoms. The molecule has 5 heteroatoms. The molecule has 2 aromatic carbocycles. The third kappa shape index (κ3) is 4.20. The molecule has 0 unspecified atom stereocenters. The number of anilines is 1. The molecule has 2 aromatic rings. The lowest BCUT2D eigenvalue weighted by Crippen LogP contribution is -2.21. The van der Waals surface area contributed by atoms with E-state index in [4.69, 9.17) is 4.74 Å². The van der Waals surface area contributed by atoms with Crippen molar-refractivity contribution >= 4 is 29.4 Å². The van der Waals surface area contributed by atoms with Gasteiger partial charge >= 0.3 is 5.97 Å². The van der Waals surface area contributed by atoms with E-state index in [-0.39, 0.29) is 5.91 Å². The minimum Gasteiger partial charge on any atom is -0.462 e. The monoisotopic (exact) mass is 360 g/mol. The van der Waals surface area contributed by atoms with E-state index in [0.29, 0.717) is 29.1 Å². The van der Waals surface area contributed by atoms with Crippen molar-refractivity contribution < 1.29 is 14.3 Å². The molecule has 1 amide bonds. The van der Waals surface area contributed by atoms with Crippen LogP contribution in [0.1, 0.15) is 29.8 Å². The van der Waals surface area contributed by atoms with Gasteiger partial charge in [-0.15, -0.1) is 0 Å². The Morgan fingerprint density at radius 1 is 1.15 bits per heavy atom. The van der Waals surface area contributed by atoms with Crippen molar-refractivity contribution in [3.05, 3.63) is 83.4 Å². The van der Waals surface area contributed by atoms with Crippen molar-refractivity contribution in [2.45, 2.75) is 13.8 Å². The Bertz CT molecular complexity index is 943. The lowest BCUT2D eigenvalue weighted by molar-refractivity contribution is -0.114. The van der Waals surface area contributed by atoms with Crippen molar-refractivity contribution in [1.82, 2.24) is 0 Å². The maximum absolute atomic E-state index is 12.8. The number of ether oxygens (including phenoxy) is 1. The van der Waals surface area contributed by atoms with Crippen LogP contribution in [0.2, 0.25) is 0 Å². The smallest absolute Gasteiger partial charge is 0.338 e. The molecule has 0 fully saturated rings. The van der Waals surface area contributed by atoms with Gasteiger partial charge in [-0.25, -0.2) is 4.79 Å². The zero-order chi connectivity index (χ0) is 19.2. The third-order valence-electron chi connectivity index (χ3n) is 4.02. The predicted molar refractivity (Wildman–Crippen MR) is 107 cm³/mol. The first-order valence-electron chi connectivity index (χ1n) is 8.71. The number of carbonyl (C=O) groups is 2. The van der Waals surface area contributed by atoms with Crippen LogP contribution in [-0.4, -0.2) is 24.2 Å². The number of nitrogens with zero attached hydrogens (tertiary/aromatic N) is 2. The standard InChI is InChI=1S/C22H20N2O3/c1-3-27-22(26)18-12-8-13-19(15-18)24-21(25)20(16(2)23-24)14-7-11-17-9-5-4-6-10-17/h4-15H,3H2,1-2H3/b11-7+,20-14-. The van der Waals surface area contributed by atoms with Crippen LogP contribution in [0.25, 0.3) is 6.08 Å². The van der Waals surface area contributed by atoms with Crippen LogP contribution in [0, 0.1) is 0 Å². The van der Waals surface area contributed by atoms with Crippen LogP contribution in [-0.2, 0) is 9.53 Å². The van der Waals surface area contributed by atoms with Gasteiger partial charge in [-0.05, 0) is 43.7 Å². The minimum absolute atomic E-state index is 0.230. The Hall–Kier alpha value is -3.47. The summed E-state index contributed by atoms with van der Waals surface area (Å²) in [5.74, 6) is -0.653. The number of rotatable bonds is 5. The molecule has 0 spiro atoms. The van der Waals surface area contributed by atoms with Crippen LogP contribution in [0.3, 0.4) is 0 Å². The summed E-state index contributed by atoms with van der Waals surface area (Å²) < 4.78 is 5.01. The Balaban J connectivity index is 1.81. The summed E-state index contributed by atoms with van der Waals surface area (Å²) in [7, 11) is 0. The Morgan fingerprint density at radius 2 is 1.93 bits per heavy atom. The number of hydrogen-bond acceptors (Lipinski definition) is 4. The van der Waals surface area contributed by atoms with Gasteiger partial charge in [0, 0.05) is 0 Å². The molecule has 1 aliphatic rings. The Morgan fingerprint density at radius 3 is 2.67 bits per heavy atom. The summed E-state index contributed by atoms with van der Waals surface area (Å²) in [5.41, 5.74) is 3.10. The number of amides is 1. The predicted octanol–water partition coefficient (Wildman–Crippen LogP) is 4.23. The van der Waals surface area contributed by atoms with Gasteiger partial charge in [0.25, 0.3) is 5.91 Å². The van der Waals surface area contributed by atoms with Crippen molar-refractivity contribution in [2.75, 3.05) is 11.6 Å². The second-order valence-corrected chi connectivity index (χ2v) is 5.92. The topological polar surface area (TPSA) is 59.0 Å². The molecule has 5 nitrogen and oxygen atoms in total. The summed E-state index contributed by atoms with van der Waals surface area (Å²) in [5, 5.41) is 5.65. The van der Waals surface area contributed by atoms with Gasteiger partial charge in [0.1, 0.15) is 0 Å². The SMILES string of the molecule is CCOC(=O)c1cccc(N2N=C(C)/C(=C/C=C/c3ccccc3)C2=O)c1. The molecule has 0 aromatic heterocycles. The number of allylic oxidation sites excluding steroid dienone is 2. The minimum atomic E-state index is -0.423. The second kappa shape index (κ2) is 8.27. The first-order chi connectivity index (χ1) is 13.1. The summed E-state index contributed by atoms with van der Waals surface area (Å²) in [6.45, 7) is 3.83. The fourth-order valence-corrected chi connectivity index (χ4v) is 2.68. The van der Waals surface area contributed by atoms with Gasteiger partial charge < -0.3 is 4.74 Å². The van der Waals surface area contributed by atoms with E-state index < -0.39 is 5.97 Å². The van der Waals surface area contributed by atoms with Gasteiger partial charge in [0.15, 0.2) is 0 Å². The molecular weight excluding hydrogens is 340 g/mol. The van der Waals surface area contributed by atoms with Crippen LogP contribution >= 0.6 is 0 Å². The lowest BCUT2D eigenvalue weighted by Gasteiger charge is -2.12. The van der Waals surface area contributed by atoms with E-state index in [0.717, 1.165) is 5.56 Å². The summed E-state index contributed by atoms with van der Waals surface area (Å²) in [6, 6.07) is 16.5. The van der Waals surface area contributed by atoms with E-state index in [1.54, 1.807) is 44.2 Å². The van der Waals surface area contributed by atoms with Crippen molar-refractivity contribution in [2.24, 2.45) is 5.10 Å². The maximum Gasteiger partial charge on any atom is 0.338 e. The molecule has 1 heterocycles. The average Bonchev–Trinajstić information content (AvgIpc) is 2.97. The Kier molecular flexibility index (Phi) is 5.61. The third-order valence-corrected chi connectivity index (χ3v) is 4.02. The number of hydrogen-bond donors (Lipinski definition) is 0. The fraction of sp³-hybridized carbons (Fsp3) is 0.136. The first kappa shape index (κ1) is 18.3. The van der Waals surface area contributed by atoms with Gasteiger partial charge in [0.2, 0.25) is 0 Å². The van der Waals surface area contributed by atoms with E-state index in [1.807, 2.05) is 42.5 Å². The fourth-order valence-electron chi connectivity index (χ4n) is 2.68. The zero-order valence-corrected chi connectivity index (χ0v) is 15.3. The number of benzene rings is 2. The second-order valence-electron chi connectivity index (χ2n) is 5.92. The van der Waals surface area contributed by atoms with E-state index in [2.05, 4.69) is 5.10 Å². The molecule has 0 saturated heterocycles. The molecule has 0 saturated carbocycles. The molecule has 0 aliphatic carbocycles. The van der Waals surface area contributed by atoms with Crippen LogP contribution in [0.4, 0.5) is 5.69 Å². The van der Waals surface area contributed by atoms with Crippen molar-refractivity contribution in [1.29, 1.82) is 0 Å². The lowest BCUT2D eigenvalue weighted by atomic mass is 10.1. The zero-order valence-electron chi connectivity index (χ0n) is 15.3. The maximum atomic E-state index is 12.8. The molecule has 0 atom stereocenters. The van der Waals surface area contributed by atoms with Gasteiger partial charge in [-0.1, -0.05) is 48.6 Å². The van der Waals surface area contributed by atoms with E-state index in [9.17, 15) is 9.59 Å². The normalized spacial score (nSPS) is 15.5. The van der Waals surface area contributed by atoms with Crippen molar-refractivity contribution in [3.8, 4) is 0 Å². The number of esters is 1. The number of hydrazone groups is 1. The van der Waals surface area contributed by atoms with Gasteiger partial charge in [-0.3, -0.25) is 4.79 Å². The molecule has 0 N–H and O–H groups in total. The summed E-state index contributed by atoms with van der Waals surface area (Å²) in [6.07, 6.45) is 5.51. The highest BCUT2D eigenvalue weighted by Crippen LogP contribution is 2.25. The van der Waals surface area contributed by atoms with E-state index in [1.165, 1.54) is 5.01 Å². The Labute approximate surface area is 158 Å². The largest absolute Gasteiger partial charge is 0.462 e. The summed E-state index contributed by atoms with van der Waals surface area (Å²) >= 11 is 0. The quantitative estimate of drug-likeness (QED) is 0.592. The average molecular weight is 360 g/mol. The van der Waals surface area contributed by atoms with E-state index >= 15 is 0 Å². The molecule has 0 radical (unpaired) electrons. The number of carbonyl (C=O) groups excluding carboxylic acids is 2. The molecule has 3 rings (SSSR count). The first-order valence-corrected chi connectivity index (χ1v) is 8.71. The van der Waals surface area contributed by atoms with Crippen LogP contribution < -0.4 is 5.01 Å². The molecule has 136 valence electrons. The van der Waals surface area contributed by atoms with Crippen LogP contribution in [0.5, 0.6) is 0 Å². The van der Waals surface area contributed by atoms with Crippen molar-refractivity contribution in [3.63, 3.8) is 0 Å². The molecular formula is C22H20N2O3. The highest BCUT2D eigenvalue weighted by Gasteiger charge is 2.28.